The van der Waals surface area contributed by atoms with Crippen LogP contribution in [0, 0.1) is 0 Å². The topological polar surface area (TPSA) is 102 Å². The van der Waals surface area contributed by atoms with Crippen molar-refractivity contribution in [3.05, 3.63) is 60.8 Å². The van der Waals surface area contributed by atoms with Crippen LogP contribution < -0.4 is 5.11 Å². The summed E-state index contributed by atoms with van der Waals surface area (Å²) in [5.74, 6) is -1.78. The zero-order valence-corrected chi connectivity index (χ0v) is 36.5. The first-order valence-electron chi connectivity index (χ1n) is 22.3. The molecular formula is C48H83NO7. The highest BCUT2D eigenvalue weighted by atomic mass is 16.6. The molecule has 0 radical (unpaired) electrons. The minimum atomic E-state index is -1.13. The number of aliphatic carboxylic acids is 1. The second-order valence-electron chi connectivity index (χ2n) is 15.9. The number of carboxylic acid groups (broad SMARTS) is 1. The van der Waals surface area contributed by atoms with Crippen LogP contribution in [0.25, 0.3) is 0 Å². The van der Waals surface area contributed by atoms with Crippen molar-refractivity contribution in [2.45, 2.75) is 187 Å². The quantitative estimate of drug-likeness (QED) is 0.0265. The second kappa shape index (κ2) is 38.9. The molecule has 8 heteroatoms. The summed E-state index contributed by atoms with van der Waals surface area (Å²) in [7, 11) is 5.39. The zero-order valence-electron chi connectivity index (χ0n) is 36.5. The Morgan fingerprint density at radius 1 is 0.554 bits per heavy atom. The molecule has 2 unspecified atom stereocenters. The van der Waals surface area contributed by atoms with E-state index in [0.29, 0.717) is 12.8 Å². The third kappa shape index (κ3) is 36.7. The molecule has 0 aromatic heterocycles. The van der Waals surface area contributed by atoms with Crippen LogP contribution in [-0.2, 0) is 28.6 Å². The zero-order chi connectivity index (χ0) is 41.4. The Balaban J connectivity index is 4.41. The smallest absolute Gasteiger partial charge is 0.306 e. The first-order chi connectivity index (χ1) is 27.1. The molecule has 0 aromatic carbocycles. The van der Waals surface area contributed by atoms with Crippen LogP contribution in [0.5, 0.6) is 0 Å². The van der Waals surface area contributed by atoms with Crippen LogP contribution in [-0.4, -0.2) is 75.5 Å². The third-order valence-electron chi connectivity index (χ3n) is 9.67. The number of hydrogen-bond acceptors (Lipinski definition) is 7. The summed E-state index contributed by atoms with van der Waals surface area (Å²) in [5.41, 5.74) is 0. The van der Waals surface area contributed by atoms with Gasteiger partial charge in [-0.3, -0.25) is 9.59 Å². The summed E-state index contributed by atoms with van der Waals surface area (Å²) in [5, 5.41) is 11.6. The molecule has 322 valence electrons. The van der Waals surface area contributed by atoms with Crippen molar-refractivity contribution in [2.24, 2.45) is 0 Å². The van der Waals surface area contributed by atoms with Crippen molar-refractivity contribution in [3.8, 4) is 0 Å². The van der Waals surface area contributed by atoms with Crippen molar-refractivity contribution in [1.29, 1.82) is 0 Å². The van der Waals surface area contributed by atoms with E-state index in [9.17, 15) is 19.5 Å². The molecule has 0 aliphatic rings. The molecule has 0 saturated heterocycles. The Morgan fingerprint density at radius 2 is 1.00 bits per heavy atom. The minimum Gasteiger partial charge on any atom is -0.544 e. The second-order valence-corrected chi connectivity index (χ2v) is 15.9. The Labute approximate surface area is 343 Å². The number of hydrogen-bond donors (Lipinski definition) is 0. The fourth-order valence-electron chi connectivity index (χ4n) is 6.21. The molecule has 0 fully saturated rings. The van der Waals surface area contributed by atoms with E-state index in [1.165, 1.54) is 64.2 Å². The van der Waals surface area contributed by atoms with Crippen molar-refractivity contribution >= 4 is 17.9 Å². The molecular weight excluding hydrogens is 703 g/mol. The van der Waals surface area contributed by atoms with Crippen LogP contribution in [0.4, 0.5) is 0 Å². The van der Waals surface area contributed by atoms with Gasteiger partial charge in [0.15, 0.2) is 6.10 Å². The number of rotatable bonds is 39. The number of esters is 2. The average molecular weight is 786 g/mol. The number of carboxylic acids is 1. The van der Waals surface area contributed by atoms with E-state index in [2.05, 4.69) is 74.6 Å². The molecule has 0 amide bonds. The third-order valence-corrected chi connectivity index (χ3v) is 9.67. The summed E-state index contributed by atoms with van der Waals surface area (Å²) < 4.78 is 17.1. The Kier molecular flexibility index (Phi) is 36.8. The van der Waals surface area contributed by atoms with Crippen molar-refractivity contribution in [1.82, 2.24) is 0 Å². The summed E-state index contributed by atoms with van der Waals surface area (Å²) in [4.78, 5) is 36.8. The van der Waals surface area contributed by atoms with Crippen LogP contribution in [0.3, 0.4) is 0 Å². The van der Waals surface area contributed by atoms with Gasteiger partial charge >= 0.3 is 11.9 Å². The lowest BCUT2D eigenvalue weighted by molar-refractivity contribution is -0.889. The molecule has 0 aromatic rings. The summed E-state index contributed by atoms with van der Waals surface area (Å²) in [6, 6.07) is -0.733. The lowest BCUT2D eigenvalue weighted by Gasteiger charge is -2.34. The standard InChI is InChI=1S/C48H83NO7/c1-6-8-10-12-14-16-18-20-21-22-23-24-25-27-29-31-33-35-37-39-47(51)56-44(42-54-41-40-45(48(52)53)49(3,4)5)43-55-46(50)38-36-34-32-30-28-26-19-17-15-13-11-9-7-2/h8,10,14,16,20-21,23-24,27,29,44-45H,6-7,9,11-13,15,17-19,22,25-26,28,30-43H2,1-5H3/b10-8+,16-14+,21-20+,24-23+,29-27+. The number of quaternary nitrogens is 1. The molecule has 0 rings (SSSR count). The monoisotopic (exact) mass is 786 g/mol. The molecule has 0 spiro atoms. The molecule has 0 N–H and O–H groups in total. The number of allylic oxidation sites excluding steroid dienone is 10. The van der Waals surface area contributed by atoms with E-state index in [-0.39, 0.29) is 49.1 Å². The van der Waals surface area contributed by atoms with Crippen LogP contribution >= 0.6 is 0 Å². The fourth-order valence-corrected chi connectivity index (χ4v) is 6.21. The largest absolute Gasteiger partial charge is 0.544 e. The van der Waals surface area contributed by atoms with Gasteiger partial charge in [0, 0.05) is 19.3 Å². The van der Waals surface area contributed by atoms with E-state index in [0.717, 1.165) is 70.6 Å². The number of carbonyl (C=O) groups excluding carboxylic acids is 3. The number of unbranched alkanes of at least 4 members (excludes halogenated alkanes) is 15. The highest BCUT2D eigenvalue weighted by molar-refractivity contribution is 5.70. The van der Waals surface area contributed by atoms with Crippen molar-refractivity contribution < 1.29 is 38.2 Å². The normalized spacial score (nSPS) is 13.5. The highest BCUT2D eigenvalue weighted by Crippen LogP contribution is 2.14. The number of ether oxygens (including phenoxy) is 3. The fraction of sp³-hybridized carbons (Fsp3) is 0.729. The van der Waals surface area contributed by atoms with Gasteiger partial charge in [-0.2, -0.15) is 0 Å². The van der Waals surface area contributed by atoms with Gasteiger partial charge in [0.05, 0.1) is 40.3 Å². The van der Waals surface area contributed by atoms with Crippen molar-refractivity contribution in [2.75, 3.05) is 41.0 Å². The molecule has 56 heavy (non-hydrogen) atoms. The Bertz CT molecular complexity index is 1100. The van der Waals surface area contributed by atoms with E-state index < -0.39 is 18.1 Å². The molecule has 2 atom stereocenters. The number of likely N-dealkylation sites (N-methyl/N-ethyl adjacent to an activating group) is 1. The van der Waals surface area contributed by atoms with Crippen LogP contribution in [0.1, 0.15) is 174 Å². The Hall–Kier alpha value is -2.97. The maximum Gasteiger partial charge on any atom is 0.306 e. The first-order valence-corrected chi connectivity index (χ1v) is 22.3. The van der Waals surface area contributed by atoms with E-state index in [1.807, 2.05) is 0 Å². The molecule has 0 saturated carbocycles. The van der Waals surface area contributed by atoms with Gasteiger partial charge in [-0.1, -0.05) is 158 Å². The molecule has 0 aliphatic heterocycles. The lowest BCUT2D eigenvalue weighted by Crippen LogP contribution is -2.55. The van der Waals surface area contributed by atoms with Crippen LogP contribution in [0.2, 0.25) is 0 Å². The van der Waals surface area contributed by atoms with E-state index in [1.54, 1.807) is 21.1 Å². The summed E-state index contributed by atoms with van der Waals surface area (Å²) >= 11 is 0. The van der Waals surface area contributed by atoms with Gasteiger partial charge in [-0.05, 0) is 57.8 Å². The lowest BCUT2D eigenvalue weighted by atomic mass is 10.0. The highest BCUT2D eigenvalue weighted by Gasteiger charge is 2.25. The van der Waals surface area contributed by atoms with Gasteiger partial charge in [0.1, 0.15) is 12.6 Å². The predicted octanol–water partition coefficient (Wildman–Crippen LogP) is 10.9. The van der Waals surface area contributed by atoms with Gasteiger partial charge < -0.3 is 28.6 Å². The average Bonchev–Trinajstić information content (AvgIpc) is 3.15. The van der Waals surface area contributed by atoms with Gasteiger partial charge in [0.25, 0.3) is 0 Å². The Morgan fingerprint density at radius 3 is 1.48 bits per heavy atom. The summed E-state index contributed by atoms with van der Waals surface area (Å²) in [6.45, 7) is 4.51. The number of carbonyl (C=O) groups is 3. The minimum absolute atomic E-state index is 0.0265. The van der Waals surface area contributed by atoms with E-state index in [4.69, 9.17) is 14.2 Å². The van der Waals surface area contributed by atoms with Crippen molar-refractivity contribution in [3.63, 3.8) is 0 Å². The number of nitrogens with zero attached hydrogens (tertiary/aromatic N) is 1. The molecule has 0 bridgehead atoms. The summed E-state index contributed by atoms with van der Waals surface area (Å²) in [6.07, 6.45) is 46.7. The maximum absolute atomic E-state index is 12.7. The van der Waals surface area contributed by atoms with Gasteiger partial charge in [-0.15, -0.1) is 0 Å². The van der Waals surface area contributed by atoms with Gasteiger partial charge in [-0.25, -0.2) is 0 Å². The molecule has 8 nitrogen and oxygen atoms in total. The van der Waals surface area contributed by atoms with Crippen LogP contribution in [0.15, 0.2) is 60.8 Å². The molecule has 0 heterocycles. The van der Waals surface area contributed by atoms with E-state index >= 15 is 0 Å². The molecule has 0 aliphatic carbocycles. The maximum atomic E-state index is 12.7. The SMILES string of the molecule is CC/C=C/C/C=C/C/C=C/C/C=C/C/C=C/CCCCCC(=O)OC(COCCC(C(=O)[O-])[N+](C)(C)C)COC(=O)CCCCCCCCCCCCCCC. The first kappa shape index (κ1) is 53.0. The van der Waals surface area contributed by atoms with Gasteiger partial charge in [0.2, 0.25) is 0 Å². The predicted molar refractivity (Wildman–Crippen MR) is 231 cm³/mol.